The van der Waals surface area contributed by atoms with Gasteiger partial charge in [-0.3, -0.25) is 9.69 Å². The average Bonchev–Trinajstić information content (AvgIpc) is 3.32. The number of aromatic nitrogens is 4. The summed E-state index contributed by atoms with van der Waals surface area (Å²) >= 11 is 0. The summed E-state index contributed by atoms with van der Waals surface area (Å²) in [5.74, 6) is 1.00. The number of amides is 1. The van der Waals surface area contributed by atoms with Crippen LogP contribution in [-0.2, 0) is 14.6 Å². The molecule has 2 aliphatic rings. The van der Waals surface area contributed by atoms with Gasteiger partial charge in [0, 0.05) is 17.6 Å². The molecule has 2 saturated heterocycles. The molecule has 4 rings (SSSR count). The second-order valence-corrected chi connectivity index (χ2v) is 9.41. The average molecular weight is 406 g/mol. The molecule has 3 heterocycles. The number of nitrogens with zero attached hydrogens (tertiary/aromatic N) is 4. The van der Waals surface area contributed by atoms with Crippen LogP contribution in [0.3, 0.4) is 0 Å². The molecule has 0 aliphatic carbocycles. The lowest BCUT2D eigenvalue weighted by molar-refractivity contribution is -0.121. The number of sulfone groups is 1. The summed E-state index contributed by atoms with van der Waals surface area (Å²) in [6.45, 7) is 1.52. The number of aromatic amines is 1. The van der Waals surface area contributed by atoms with Gasteiger partial charge in [0.2, 0.25) is 5.91 Å². The number of H-pyrrole nitrogens is 1. The van der Waals surface area contributed by atoms with E-state index < -0.39 is 9.84 Å². The highest BCUT2D eigenvalue weighted by Gasteiger charge is 2.35. The Balaban J connectivity index is 1.26. The number of nitrogens with one attached hydrogen (secondary N) is 2. The van der Waals surface area contributed by atoms with Crippen molar-refractivity contribution in [2.75, 3.05) is 29.9 Å². The molecular weight excluding hydrogens is 384 g/mol. The fourth-order valence-electron chi connectivity index (χ4n) is 3.74. The number of ether oxygens (including phenoxy) is 1. The number of piperidine rings is 1. The van der Waals surface area contributed by atoms with Crippen molar-refractivity contribution in [3.63, 3.8) is 0 Å². The van der Waals surface area contributed by atoms with Crippen molar-refractivity contribution in [3.8, 4) is 11.8 Å². The van der Waals surface area contributed by atoms with Crippen LogP contribution in [-0.4, -0.2) is 70.5 Å². The van der Waals surface area contributed by atoms with Crippen LogP contribution in [0.25, 0.3) is 0 Å². The smallest absolute Gasteiger partial charge is 0.361 e. The molecule has 2 fully saturated rings. The van der Waals surface area contributed by atoms with Crippen molar-refractivity contribution in [2.45, 2.75) is 25.3 Å². The van der Waals surface area contributed by atoms with Crippen LogP contribution in [0, 0.1) is 5.92 Å². The number of tetrazole rings is 1. The first-order chi connectivity index (χ1) is 13.5. The highest BCUT2D eigenvalue weighted by Crippen LogP contribution is 2.26. The molecule has 0 radical (unpaired) electrons. The maximum absolute atomic E-state index is 12.6. The van der Waals surface area contributed by atoms with Crippen LogP contribution >= 0.6 is 0 Å². The van der Waals surface area contributed by atoms with E-state index >= 15 is 0 Å². The zero-order valence-electron chi connectivity index (χ0n) is 15.2. The van der Waals surface area contributed by atoms with Crippen molar-refractivity contribution >= 4 is 21.4 Å². The van der Waals surface area contributed by atoms with Gasteiger partial charge < -0.3 is 10.1 Å². The van der Waals surface area contributed by atoms with Gasteiger partial charge >= 0.3 is 6.01 Å². The van der Waals surface area contributed by atoms with Crippen LogP contribution in [0.5, 0.6) is 11.8 Å². The number of rotatable bonds is 5. The zero-order chi connectivity index (χ0) is 19.6. The predicted molar refractivity (Wildman–Crippen MR) is 101 cm³/mol. The van der Waals surface area contributed by atoms with E-state index in [-0.39, 0.29) is 35.4 Å². The third-order valence-corrected chi connectivity index (χ3v) is 7.03. The summed E-state index contributed by atoms with van der Waals surface area (Å²) < 4.78 is 28.7. The SMILES string of the molecule is O=C(Nc1ccc(Oc2nn[nH]n2)cc1)C1CCN(C2CCS(=O)(=O)C2)CC1. The molecule has 1 amide bonds. The van der Waals surface area contributed by atoms with Gasteiger partial charge in [0.05, 0.1) is 11.5 Å². The molecule has 1 atom stereocenters. The topological polar surface area (TPSA) is 130 Å². The van der Waals surface area contributed by atoms with Gasteiger partial charge in [0.15, 0.2) is 9.84 Å². The summed E-state index contributed by atoms with van der Waals surface area (Å²) in [6, 6.07) is 7.18. The molecule has 0 bridgehead atoms. The van der Waals surface area contributed by atoms with E-state index in [4.69, 9.17) is 4.74 Å². The first-order valence-electron chi connectivity index (χ1n) is 9.25. The van der Waals surface area contributed by atoms with Crippen LogP contribution in [0.4, 0.5) is 5.69 Å². The number of anilines is 1. The number of carbonyl (C=O) groups excluding carboxylic acids is 1. The highest BCUT2D eigenvalue weighted by atomic mass is 32.2. The molecule has 11 heteroatoms. The van der Waals surface area contributed by atoms with E-state index in [0.29, 0.717) is 17.9 Å². The molecule has 2 aromatic rings. The van der Waals surface area contributed by atoms with E-state index in [1.165, 1.54) is 0 Å². The Morgan fingerprint density at radius 1 is 1.18 bits per heavy atom. The number of hydrogen-bond donors (Lipinski definition) is 2. The lowest BCUT2D eigenvalue weighted by atomic mass is 9.94. The minimum atomic E-state index is -2.88. The highest BCUT2D eigenvalue weighted by molar-refractivity contribution is 7.91. The number of likely N-dealkylation sites (tertiary alicyclic amines) is 1. The lowest BCUT2D eigenvalue weighted by Gasteiger charge is -2.34. The first-order valence-corrected chi connectivity index (χ1v) is 11.1. The van der Waals surface area contributed by atoms with Crippen LogP contribution in [0.15, 0.2) is 24.3 Å². The first kappa shape index (κ1) is 18.8. The van der Waals surface area contributed by atoms with Gasteiger partial charge in [0.25, 0.3) is 0 Å². The summed E-state index contributed by atoms with van der Waals surface area (Å²) in [4.78, 5) is 14.8. The van der Waals surface area contributed by atoms with E-state index in [0.717, 1.165) is 25.9 Å². The summed E-state index contributed by atoms with van der Waals surface area (Å²) in [5.41, 5.74) is 0.690. The fraction of sp³-hybridized carbons (Fsp3) is 0.529. The summed E-state index contributed by atoms with van der Waals surface area (Å²) in [6.07, 6.45) is 2.18. The molecule has 2 aliphatic heterocycles. The molecular formula is C17H22N6O4S. The van der Waals surface area contributed by atoms with E-state index in [2.05, 4.69) is 30.8 Å². The number of benzene rings is 1. The molecule has 1 unspecified atom stereocenters. The lowest BCUT2D eigenvalue weighted by Crippen LogP contribution is -2.44. The number of hydrogen-bond acceptors (Lipinski definition) is 8. The minimum absolute atomic E-state index is 0.00877. The van der Waals surface area contributed by atoms with Crippen molar-refractivity contribution in [1.29, 1.82) is 0 Å². The zero-order valence-corrected chi connectivity index (χ0v) is 16.1. The van der Waals surface area contributed by atoms with Crippen molar-refractivity contribution in [3.05, 3.63) is 24.3 Å². The third-order valence-electron chi connectivity index (χ3n) is 5.28. The second-order valence-electron chi connectivity index (χ2n) is 7.18. The van der Waals surface area contributed by atoms with E-state index in [1.807, 2.05) is 0 Å². The van der Waals surface area contributed by atoms with Gasteiger partial charge in [-0.2, -0.15) is 5.21 Å². The Morgan fingerprint density at radius 3 is 2.54 bits per heavy atom. The molecule has 10 nitrogen and oxygen atoms in total. The van der Waals surface area contributed by atoms with Gasteiger partial charge in [-0.05, 0) is 61.8 Å². The minimum Gasteiger partial charge on any atom is -0.422 e. The van der Waals surface area contributed by atoms with Gasteiger partial charge in [-0.1, -0.05) is 10.2 Å². The molecule has 1 aromatic heterocycles. The summed E-state index contributed by atoms with van der Waals surface area (Å²) in [5, 5.41) is 16.1. The van der Waals surface area contributed by atoms with E-state index in [9.17, 15) is 13.2 Å². The Kier molecular flexibility index (Phi) is 5.27. The Hall–Kier alpha value is -2.53. The molecule has 0 spiro atoms. The predicted octanol–water partition coefficient (Wildman–Crippen LogP) is 0.830. The fourth-order valence-corrected chi connectivity index (χ4v) is 5.50. The third kappa shape index (κ3) is 4.47. The normalized spacial score (nSPS) is 22.8. The van der Waals surface area contributed by atoms with Crippen molar-refractivity contribution in [2.24, 2.45) is 5.92 Å². The standard InChI is InChI=1S/C17H22N6O4S/c24-16(12-5-8-23(9-6-12)14-7-10-28(25,26)11-14)18-13-1-3-15(4-2-13)27-17-19-21-22-20-17/h1-4,12,14H,5-11H2,(H,18,24)(H,19,20,21,22). The maximum atomic E-state index is 12.6. The molecule has 1 aromatic carbocycles. The molecule has 0 saturated carbocycles. The Labute approximate surface area is 162 Å². The molecule has 150 valence electrons. The second kappa shape index (κ2) is 7.84. The monoisotopic (exact) mass is 406 g/mol. The van der Waals surface area contributed by atoms with Gasteiger partial charge in [-0.15, -0.1) is 0 Å². The van der Waals surface area contributed by atoms with Gasteiger partial charge in [-0.25, -0.2) is 8.42 Å². The quantitative estimate of drug-likeness (QED) is 0.747. The number of carbonyl (C=O) groups is 1. The molecule has 2 N–H and O–H groups in total. The van der Waals surface area contributed by atoms with Crippen molar-refractivity contribution < 1.29 is 17.9 Å². The molecule has 28 heavy (non-hydrogen) atoms. The van der Waals surface area contributed by atoms with E-state index in [1.54, 1.807) is 24.3 Å². The maximum Gasteiger partial charge on any atom is 0.361 e. The summed E-state index contributed by atoms with van der Waals surface area (Å²) in [7, 11) is -2.88. The Morgan fingerprint density at radius 2 is 1.93 bits per heavy atom. The Bertz CT molecular complexity index is 908. The largest absolute Gasteiger partial charge is 0.422 e. The van der Waals surface area contributed by atoms with Crippen molar-refractivity contribution in [1.82, 2.24) is 25.5 Å². The van der Waals surface area contributed by atoms with Crippen LogP contribution in [0.1, 0.15) is 19.3 Å². The van der Waals surface area contributed by atoms with Crippen LogP contribution in [0.2, 0.25) is 0 Å². The van der Waals surface area contributed by atoms with Crippen LogP contribution < -0.4 is 10.1 Å². The van der Waals surface area contributed by atoms with Gasteiger partial charge in [0.1, 0.15) is 5.75 Å².